The molecule has 5 nitrogen and oxygen atoms in total. The van der Waals surface area contributed by atoms with Crippen LogP contribution in [-0.4, -0.2) is 35.8 Å². The Morgan fingerprint density at radius 2 is 1.86 bits per heavy atom. The van der Waals surface area contributed by atoms with Crippen LogP contribution in [-0.2, 0) is 17.6 Å². The molecule has 0 saturated carbocycles. The standard InChI is InChI=1S/C29H33FN2O3/c1-20-23(18-27(33)34)28(32-14-12-29(2,3)13-15-32)24(19-31-20)22-9-10-26(25(30)17-22)35-16-11-21-7-5-4-6-8-21/h4-10,17,19H,11-16,18H2,1-3H3,(H,33,34). The van der Waals surface area contributed by atoms with E-state index >= 15 is 4.39 Å². The summed E-state index contributed by atoms with van der Waals surface area (Å²) >= 11 is 0. The molecule has 2 aromatic carbocycles. The van der Waals surface area contributed by atoms with Crippen LogP contribution in [0.2, 0.25) is 0 Å². The van der Waals surface area contributed by atoms with Crippen molar-refractivity contribution in [3.05, 3.63) is 77.4 Å². The summed E-state index contributed by atoms with van der Waals surface area (Å²) in [5.41, 5.74) is 5.04. The zero-order chi connectivity index (χ0) is 25.0. The second kappa shape index (κ2) is 10.5. The van der Waals surface area contributed by atoms with Crippen LogP contribution in [0.15, 0.2) is 54.7 Å². The Hall–Kier alpha value is -3.41. The first-order valence-corrected chi connectivity index (χ1v) is 12.2. The summed E-state index contributed by atoms with van der Waals surface area (Å²) in [6.45, 7) is 8.37. The lowest BCUT2D eigenvalue weighted by atomic mass is 9.82. The summed E-state index contributed by atoms with van der Waals surface area (Å²) in [6, 6.07) is 14.9. The fourth-order valence-corrected chi connectivity index (χ4v) is 4.61. The van der Waals surface area contributed by atoms with Crippen LogP contribution >= 0.6 is 0 Å². The average molecular weight is 477 g/mol. The number of carboxylic acids is 1. The van der Waals surface area contributed by atoms with Crippen LogP contribution < -0.4 is 9.64 Å². The molecule has 1 aromatic heterocycles. The predicted molar refractivity (Wildman–Crippen MR) is 137 cm³/mol. The number of carboxylic acid groups (broad SMARTS) is 1. The predicted octanol–water partition coefficient (Wildman–Crippen LogP) is 6.07. The second-order valence-corrected chi connectivity index (χ2v) is 10.0. The summed E-state index contributed by atoms with van der Waals surface area (Å²) in [7, 11) is 0. The zero-order valence-corrected chi connectivity index (χ0v) is 20.7. The van der Waals surface area contributed by atoms with E-state index in [4.69, 9.17) is 4.74 Å². The van der Waals surface area contributed by atoms with Crippen molar-refractivity contribution in [1.29, 1.82) is 0 Å². The summed E-state index contributed by atoms with van der Waals surface area (Å²) in [5.74, 6) is -1.14. The molecule has 0 aliphatic carbocycles. The SMILES string of the molecule is Cc1ncc(-c2ccc(OCCc3ccccc3)c(F)c2)c(N2CCC(C)(C)CC2)c1CC(=O)O. The summed E-state index contributed by atoms with van der Waals surface area (Å²) < 4.78 is 20.8. The monoisotopic (exact) mass is 476 g/mol. The number of piperidine rings is 1. The number of anilines is 1. The third kappa shape index (κ3) is 5.99. The highest BCUT2D eigenvalue weighted by Crippen LogP contribution is 2.40. The van der Waals surface area contributed by atoms with Crippen molar-refractivity contribution in [1.82, 2.24) is 4.98 Å². The van der Waals surface area contributed by atoms with Gasteiger partial charge in [0.05, 0.1) is 18.7 Å². The molecule has 0 bridgehead atoms. The highest BCUT2D eigenvalue weighted by atomic mass is 19.1. The number of benzene rings is 2. The minimum atomic E-state index is -0.904. The number of pyridine rings is 1. The molecule has 0 amide bonds. The Labute approximate surface area is 206 Å². The van der Waals surface area contributed by atoms with Gasteiger partial charge in [0.1, 0.15) is 0 Å². The molecule has 0 radical (unpaired) electrons. The fraction of sp³-hybridized carbons (Fsp3) is 0.379. The van der Waals surface area contributed by atoms with Crippen molar-refractivity contribution in [3.8, 4) is 16.9 Å². The number of carbonyl (C=O) groups is 1. The Bertz CT molecular complexity index is 1180. The van der Waals surface area contributed by atoms with Gasteiger partial charge in [-0.2, -0.15) is 0 Å². The molecule has 6 heteroatoms. The molecule has 0 unspecified atom stereocenters. The second-order valence-electron chi connectivity index (χ2n) is 10.0. The average Bonchev–Trinajstić information content (AvgIpc) is 2.82. The first kappa shape index (κ1) is 24.7. The maximum Gasteiger partial charge on any atom is 0.307 e. The van der Waals surface area contributed by atoms with E-state index in [2.05, 4.69) is 23.7 Å². The van der Waals surface area contributed by atoms with Crippen molar-refractivity contribution in [2.24, 2.45) is 5.41 Å². The van der Waals surface area contributed by atoms with Gasteiger partial charge in [-0.3, -0.25) is 9.78 Å². The lowest BCUT2D eigenvalue weighted by molar-refractivity contribution is -0.136. The van der Waals surface area contributed by atoms with Gasteiger partial charge in [0, 0.05) is 42.5 Å². The molecular formula is C29H33FN2O3. The molecular weight excluding hydrogens is 443 g/mol. The molecule has 1 fully saturated rings. The number of aromatic nitrogens is 1. The molecule has 1 N–H and O–H groups in total. The van der Waals surface area contributed by atoms with Crippen LogP contribution in [0.5, 0.6) is 5.75 Å². The molecule has 1 aliphatic rings. The van der Waals surface area contributed by atoms with Gasteiger partial charge in [-0.1, -0.05) is 50.2 Å². The highest BCUT2D eigenvalue weighted by Gasteiger charge is 2.29. The van der Waals surface area contributed by atoms with Crippen molar-refractivity contribution >= 4 is 11.7 Å². The molecule has 0 atom stereocenters. The summed E-state index contributed by atoms with van der Waals surface area (Å²) in [6.07, 6.45) is 4.31. The van der Waals surface area contributed by atoms with E-state index < -0.39 is 11.8 Å². The number of nitrogens with zero attached hydrogens (tertiary/aromatic N) is 2. The molecule has 4 rings (SSSR count). The fourth-order valence-electron chi connectivity index (χ4n) is 4.61. The third-order valence-corrected chi connectivity index (χ3v) is 6.86. The van der Waals surface area contributed by atoms with E-state index in [1.54, 1.807) is 12.3 Å². The first-order valence-electron chi connectivity index (χ1n) is 12.2. The zero-order valence-electron chi connectivity index (χ0n) is 20.7. The molecule has 0 spiro atoms. The molecule has 1 aliphatic heterocycles. The number of hydrogen-bond acceptors (Lipinski definition) is 4. The maximum atomic E-state index is 15.1. The van der Waals surface area contributed by atoms with Gasteiger partial charge in [-0.15, -0.1) is 0 Å². The molecule has 1 saturated heterocycles. The Balaban J connectivity index is 1.63. The van der Waals surface area contributed by atoms with E-state index in [1.165, 1.54) is 6.07 Å². The Morgan fingerprint density at radius 1 is 1.14 bits per heavy atom. The molecule has 2 heterocycles. The van der Waals surface area contributed by atoms with E-state index in [0.29, 0.717) is 29.8 Å². The number of aliphatic carboxylic acids is 1. The van der Waals surface area contributed by atoms with Crippen LogP contribution in [0.25, 0.3) is 11.1 Å². The number of hydrogen-bond donors (Lipinski definition) is 1. The highest BCUT2D eigenvalue weighted by molar-refractivity contribution is 5.84. The Kier molecular flexibility index (Phi) is 7.39. The van der Waals surface area contributed by atoms with Crippen LogP contribution in [0, 0.1) is 18.2 Å². The minimum Gasteiger partial charge on any atom is -0.490 e. The topological polar surface area (TPSA) is 62.7 Å². The van der Waals surface area contributed by atoms with Crippen molar-refractivity contribution in [3.63, 3.8) is 0 Å². The van der Waals surface area contributed by atoms with Gasteiger partial charge in [0.15, 0.2) is 11.6 Å². The number of rotatable bonds is 8. The normalized spacial score (nSPS) is 15.1. The van der Waals surface area contributed by atoms with Gasteiger partial charge < -0.3 is 14.7 Å². The number of halogens is 1. The number of ether oxygens (including phenoxy) is 1. The molecule has 3 aromatic rings. The minimum absolute atomic E-state index is 0.120. The van der Waals surface area contributed by atoms with Crippen LogP contribution in [0.4, 0.5) is 10.1 Å². The quantitative estimate of drug-likeness (QED) is 0.427. The van der Waals surface area contributed by atoms with E-state index in [-0.39, 0.29) is 17.6 Å². The third-order valence-electron chi connectivity index (χ3n) is 6.86. The largest absolute Gasteiger partial charge is 0.490 e. The first-order chi connectivity index (χ1) is 16.7. The van der Waals surface area contributed by atoms with Gasteiger partial charge in [0.2, 0.25) is 0 Å². The van der Waals surface area contributed by atoms with Crippen molar-refractivity contribution < 1.29 is 19.0 Å². The van der Waals surface area contributed by atoms with E-state index in [1.807, 2.05) is 43.3 Å². The van der Waals surface area contributed by atoms with Crippen LogP contribution in [0.1, 0.15) is 43.5 Å². The summed E-state index contributed by atoms with van der Waals surface area (Å²) in [4.78, 5) is 18.4. The van der Waals surface area contributed by atoms with Gasteiger partial charge in [0.25, 0.3) is 0 Å². The van der Waals surface area contributed by atoms with E-state index in [9.17, 15) is 9.90 Å². The van der Waals surface area contributed by atoms with Crippen LogP contribution in [0.3, 0.4) is 0 Å². The lowest BCUT2D eigenvalue weighted by Crippen LogP contribution is -2.38. The van der Waals surface area contributed by atoms with E-state index in [0.717, 1.165) is 42.7 Å². The number of aryl methyl sites for hydroxylation is 1. The lowest BCUT2D eigenvalue weighted by Gasteiger charge is -2.40. The van der Waals surface area contributed by atoms with Gasteiger partial charge in [-0.25, -0.2) is 4.39 Å². The molecule has 184 valence electrons. The smallest absolute Gasteiger partial charge is 0.307 e. The van der Waals surface area contributed by atoms with Gasteiger partial charge >= 0.3 is 5.97 Å². The maximum absolute atomic E-state index is 15.1. The Morgan fingerprint density at radius 3 is 2.51 bits per heavy atom. The van der Waals surface area contributed by atoms with Gasteiger partial charge in [-0.05, 0) is 48.4 Å². The van der Waals surface area contributed by atoms with Crippen molar-refractivity contribution in [2.75, 3.05) is 24.6 Å². The summed E-state index contributed by atoms with van der Waals surface area (Å²) in [5, 5.41) is 9.58. The molecule has 35 heavy (non-hydrogen) atoms. The van der Waals surface area contributed by atoms with Crippen molar-refractivity contribution in [2.45, 2.75) is 46.5 Å².